The van der Waals surface area contributed by atoms with E-state index in [4.69, 9.17) is 4.99 Å². The zero-order chi connectivity index (χ0) is 15.8. The molecule has 1 fully saturated rings. The first kappa shape index (κ1) is 20.2. The van der Waals surface area contributed by atoms with Crippen molar-refractivity contribution < 1.29 is 0 Å². The molecule has 1 aliphatic rings. The lowest BCUT2D eigenvalue weighted by Gasteiger charge is -2.33. The minimum Gasteiger partial charge on any atom is -0.355 e. The van der Waals surface area contributed by atoms with Gasteiger partial charge in [0.15, 0.2) is 5.96 Å². The lowest BCUT2D eigenvalue weighted by Crippen LogP contribution is -2.44. The van der Waals surface area contributed by atoms with Gasteiger partial charge in [0, 0.05) is 33.2 Å². The molecule has 0 aromatic heterocycles. The predicted molar refractivity (Wildman–Crippen MR) is 110 cm³/mol. The van der Waals surface area contributed by atoms with E-state index in [2.05, 4.69) is 46.3 Å². The van der Waals surface area contributed by atoms with Crippen LogP contribution in [0.5, 0.6) is 0 Å². The molecule has 1 atom stereocenters. The summed E-state index contributed by atoms with van der Waals surface area (Å²) in [4.78, 5) is 9.35. The molecule has 23 heavy (non-hydrogen) atoms. The van der Waals surface area contributed by atoms with Gasteiger partial charge >= 0.3 is 0 Å². The van der Waals surface area contributed by atoms with Crippen LogP contribution in [0.1, 0.15) is 31.7 Å². The van der Waals surface area contributed by atoms with Gasteiger partial charge in [0.2, 0.25) is 0 Å². The molecule has 2 rings (SSSR count). The summed E-state index contributed by atoms with van der Waals surface area (Å²) in [6, 6.07) is 11.1. The number of hydrogen-bond donors (Lipinski definition) is 1. The van der Waals surface area contributed by atoms with Crippen molar-refractivity contribution in [2.45, 2.75) is 38.8 Å². The summed E-state index contributed by atoms with van der Waals surface area (Å²) >= 11 is 0. The number of halogens is 1. The summed E-state index contributed by atoms with van der Waals surface area (Å²) in [5, 5.41) is 3.49. The van der Waals surface area contributed by atoms with E-state index >= 15 is 0 Å². The Balaban J connectivity index is 0.00000264. The first-order valence-corrected chi connectivity index (χ1v) is 8.40. The minimum atomic E-state index is 0. The van der Waals surface area contributed by atoms with Gasteiger partial charge in [0.25, 0.3) is 0 Å². The van der Waals surface area contributed by atoms with Crippen molar-refractivity contribution in [1.29, 1.82) is 0 Å². The fraction of sp³-hybridized carbons (Fsp3) is 0.611. The van der Waals surface area contributed by atoms with E-state index < -0.39 is 0 Å². The molecule has 5 heteroatoms. The van der Waals surface area contributed by atoms with Gasteiger partial charge in [-0.05, 0) is 31.9 Å². The van der Waals surface area contributed by atoms with Crippen LogP contribution in [0.15, 0.2) is 35.3 Å². The zero-order valence-electron chi connectivity index (χ0n) is 14.7. The molecule has 0 spiro atoms. The smallest absolute Gasteiger partial charge is 0.193 e. The Bertz CT molecular complexity index is 461. The molecule has 0 radical (unpaired) electrons. The van der Waals surface area contributed by atoms with Gasteiger partial charge in [0.1, 0.15) is 0 Å². The summed E-state index contributed by atoms with van der Waals surface area (Å²) < 4.78 is 0. The third kappa shape index (κ3) is 7.08. The first-order valence-electron chi connectivity index (χ1n) is 8.40. The number of likely N-dealkylation sites (tertiary alicyclic amines) is 1. The molecule has 0 bridgehead atoms. The summed E-state index contributed by atoms with van der Waals surface area (Å²) in [5.74, 6) is 0.966. The van der Waals surface area contributed by atoms with E-state index in [0.717, 1.165) is 31.6 Å². The molecular weight excluding hydrogens is 399 g/mol. The maximum absolute atomic E-state index is 4.71. The fourth-order valence-electron chi connectivity index (χ4n) is 2.91. The van der Waals surface area contributed by atoms with Gasteiger partial charge in [-0.25, -0.2) is 4.99 Å². The highest BCUT2D eigenvalue weighted by Gasteiger charge is 2.17. The minimum absolute atomic E-state index is 0. The normalized spacial score (nSPS) is 19.1. The molecule has 1 saturated heterocycles. The Labute approximate surface area is 158 Å². The van der Waals surface area contributed by atoms with Crippen molar-refractivity contribution in [2.75, 3.05) is 33.7 Å². The highest BCUT2D eigenvalue weighted by Crippen LogP contribution is 2.15. The predicted octanol–water partition coefficient (Wildman–Crippen LogP) is 3.19. The molecule has 1 unspecified atom stereocenters. The number of benzene rings is 1. The lowest BCUT2D eigenvalue weighted by atomic mass is 10.0. The van der Waals surface area contributed by atoms with Crippen molar-refractivity contribution in [3.63, 3.8) is 0 Å². The summed E-state index contributed by atoms with van der Waals surface area (Å²) in [7, 11) is 4.08. The average molecular weight is 430 g/mol. The molecule has 1 aliphatic heterocycles. The molecule has 0 amide bonds. The lowest BCUT2D eigenvalue weighted by molar-refractivity contribution is 0.163. The van der Waals surface area contributed by atoms with Gasteiger partial charge in [-0.1, -0.05) is 36.8 Å². The SMILES string of the molecule is CC1CCCCN1CCNC(=NCc1ccccc1)N(C)C.I. The van der Waals surface area contributed by atoms with Gasteiger partial charge < -0.3 is 10.2 Å². The third-order valence-electron chi connectivity index (χ3n) is 4.30. The third-order valence-corrected chi connectivity index (χ3v) is 4.30. The molecule has 1 heterocycles. The number of rotatable bonds is 5. The number of aliphatic imine (C=N–C) groups is 1. The molecule has 1 aromatic carbocycles. The fourth-order valence-corrected chi connectivity index (χ4v) is 2.91. The second-order valence-corrected chi connectivity index (χ2v) is 6.33. The van der Waals surface area contributed by atoms with Crippen LogP contribution in [-0.2, 0) is 6.54 Å². The summed E-state index contributed by atoms with van der Waals surface area (Å²) in [5.41, 5.74) is 1.24. The second kappa shape index (κ2) is 10.9. The molecule has 4 nitrogen and oxygen atoms in total. The van der Waals surface area contributed by atoms with Crippen LogP contribution in [0.3, 0.4) is 0 Å². The van der Waals surface area contributed by atoms with Crippen LogP contribution in [0.2, 0.25) is 0 Å². The van der Waals surface area contributed by atoms with Crippen molar-refractivity contribution >= 4 is 29.9 Å². The summed E-state index contributed by atoms with van der Waals surface area (Å²) in [6.45, 7) is 6.35. The van der Waals surface area contributed by atoms with Crippen molar-refractivity contribution in [3.05, 3.63) is 35.9 Å². The number of nitrogens with zero attached hydrogens (tertiary/aromatic N) is 3. The van der Waals surface area contributed by atoms with E-state index in [9.17, 15) is 0 Å². The number of nitrogens with one attached hydrogen (secondary N) is 1. The van der Waals surface area contributed by atoms with Crippen LogP contribution >= 0.6 is 24.0 Å². The van der Waals surface area contributed by atoms with Gasteiger partial charge in [-0.15, -0.1) is 24.0 Å². The molecule has 130 valence electrons. The Morgan fingerprint density at radius 2 is 2.00 bits per heavy atom. The molecular formula is C18H31IN4. The second-order valence-electron chi connectivity index (χ2n) is 6.33. The van der Waals surface area contributed by atoms with Crippen LogP contribution in [0, 0.1) is 0 Å². The standard InChI is InChI=1S/C18H30N4.HI/c1-16-9-7-8-13-22(16)14-12-19-18(21(2)3)20-15-17-10-5-4-6-11-17;/h4-6,10-11,16H,7-9,12-15H2,1-3H3,(H,19,20);1H. The monoisotopic (exact) mass is 430 g/mol. The van der Waals surface area contributed by atoms with E-state index in [0.29, 0.717) is 0 Å². The van der Waals surface area contributed by atoms with E-state index in [1.54, 1.807) is 0 Å². The van der Waals surface area contributed by atoms with E-state index in [1.807, 2.05) is 20.2 Å². The van der Waals surface area contributed by atoms with Gasteiger partial charge in [-0.2, -0.15) is 0 Å². The Kier molecular flexibility index (Phi) is 9.55. The van der Waals surface area contributed by atoms with Crippen LogP contribution < -0.4 is 5.32 Å². The molecule has 0 saturated carbocycles. The van der Waals surface area contributed by atoms with E-state index in [-0.39, 0.29) is 24.0 Å². The van der Waals surface area contributed by atoms with Gasteiger partial charge in [-0.3, -0.25) is 4.90 Å². The van der Waals surface area contributed by atoms with Gasteiger partial charge in [0.05, 0.1) is 6.54 Å². The first-order chi connectivity index (χ1) is 10.7. The highest BCUT2D eigenvalue weighted by molar-refractivity contribution is 14.0. The number of hydrogen-bond acceptors (Lipinski definition) is 2. The zero-order valence-corrected chi connectivity index (χ0v) is 17.0. The maximum Gasteiger partial charge on any atom is 0.193 e. The number of guanidine groups is 1. The molecule has 1 N–H and O–H groups in total. The van der Waals surface area contributed by atoms with Crippen LogP contribution in [-0.4, -0.2) is 55.5 Å². The Morgan fingerprint density at radius 3 is 2.65 bits per heavy atom. The average Bonchev–Trinajstić information content (AvgIpc) is 2.53. The van der Waals surface area contributed by atoms with Crippen LogP contribution in [0.25, 0.3) is 0 Å². The van der Waals surface area contributed by atoms with Crippen molar-refractivity contribution in [2.24, 2.45) is 4.99 Å². The quantitative estimate of drug-likeness (QED) is 0.442. The Morgan fingerprint density at radius 1 is 1.26 bits per heavy atom. The highest BCUT2D eigenvalue weighted by atomic mass is 127. The Hall–Kier alpha value is -0.820. The molecule has 0 aliphatic carbocycles. The summed E-state index contributed by atoms with van der Waals surface area (Å²) in [6.07, 6.45) is 4.06. The maximum atomic E-state index is 4.71. The molecule has 1 aromatic rings. The topological polar surface area (TPSA) is 30.9 Å². The van der Waals surface area contributed by atoms with Crippen molar-refractivity contribution in [1.82, 2.24) is 15.1 Å². The van der Waals surface area contributed by atoms with Crippen LogP contribution in [0.4, 0.5) is 0 Å². The largest absolute Gasteiger partial charge is 0.355 e. The van der Waals surface area contributed by atoms with Crippen molar-refractivity contribution in [3.8, 4) is 0 Å². The van der Waals surface area contributed by atoms with E-state index in [1.165, 1.54) is 31.4 Å². The number of piperidine rings is 1.